The van der Waals surface area contributed by atoms with Crippen molar-refractivity contribution >= 4 is 5.97 Å². The van der Waals surface area contributed by atoms with Crippen molar-refractivity contribution in [3.8, 4) is 11.5 Å². The minimum Gasteiger partial charge on any atom is -0.508 e. The van der Waals surface area contributed by atoms with Crippen molar-refractivity contribution in [2.45, 2.75) is 19.1 Å². The quantitative estimate of drug-likeness (QED) is 0.882. The zero-order valence-corrected chi connectivity index (χ0v) is 13.2. The number of aryl methyl sites for hydroxylation is 1. The van der Waals surface area contributed by atoms with Crippen LogP contribution in [0.2, 0.25) is 0 Å². The predicted octanol–water partition coefficient (Wildman–Crippen LogP) is 2.98. The van der Waals surface area contributed by atoms with Crippen molar-refractivity contribution in [3.63, 3.8) is 0 Å². The van der Waals surface area contributed by atoms with Gasteiger partial charge in [0, 0.05) is 12.7 Å². The number of hydrogen-bond acceptors (Lipinski definition) is 5. The van der Waals surface area contributed by atoms with E-state index in [0.29, 0.717) is 11.3 Å². The number of fused-ring (bicyclic) bond motifs is 1. The number of phenolic OH excluding ortho intramolecular Hbond substituents is 1. The lowest BCUT2D eigenvalue weighted by Gasteiger charge is -2.20. The SMILES string of the molecule is COC(=O)c1ccccc1[C@H]1c2cc(O)c(C)cc2O[C@@H]1OC. The zero-order valence-electron chi connectivity index (χ0n) is 13.2. The lowest BCUT2D eigenvalue weighted by atomic mass is 9.88. The standard InChI is InChI=1S/C18H18O5/c1-10-8-15-13(9-14(10)19)16(18(22-3)23-15)11-6-4-5-7-12(11)17(20)21-2/h4-9,16,18-19H,1-3H3/t16-,18-/m0/s1. The van der Waals surface area contributed by atoms with Gasteiger partial charge in [-0.15, -0.1) is 0 Å². The Morgan fingerprint density at radius 2 is 1.91 bits per heavy atom. The first-order valence-corrected chi connectivity index (χ1v) is 7.27. The number of benzene rings is 2. The van der Waals surface area contributed by atoms with E-state index in [1.165, 1.54) is 7.11 Å². The fourth-order valence-corrected chi connectivity index (χ4v) is 2.93. The smallest absolute Gasteiger partial charge is 0.338 e. The third kappa shape index (κ3) is 2.53. The van der Waals surface area contributed by atoms with E-state index < -0.39 is 12.3 Å². The van der Waals surface area contributed by atoms with Crippen LogP contribution in [-0.4, -0.2) is 31.6 Å². The number of aromatic hydroxyl groups is 1. The van der Waals surface area contributed by atoms with E-state index in [9.17, 15) is 9.90 Å². The molecule has 5 heteroatoms. The average Bonchev–Trinajstić information content (AvgIpc) is 2.91. The van der Waals surface area contributed by atoms with Crippen LogP contribution < -0.4 is 4.74 Å². The maximum absolute atomic E-state index is 12.1. The molecular weight excluding hydrogens is 296 g/mol. The van der Waals surface area contributed by atoms with Gasteiger partial charge in [0.15, 0.2) is 0 Å². The fourth-order valence-electron chi connectivity index (χ4n) is 2.93. The highest BCUT2D eigenvalue weighted by Gasteiger charge is 2.38. The van der Waals surface area contributed by atoms with Crippen molar-refractivity contribution in [1.29, 1.82) is 0 Å². The normalized spacial score (nSPS) is 19.1. The highest BCUT2D eigenvalue weighted by atomic mass is 16.7. The maximum Gasteiger partial charge on any atom is 0.338 e. The van der Waals surface area contributed by atoms with Crippen molar-refractivity contribution in [2.24, 2.45) is 0 Å². The molecule has 1 aliphatic heterocycles. The van der Waals surface area contributed by atoms with Gasteiger partial charge in [0.25, 0.3) is 0 Å². The number of phenols is 1. The summed E-state index contributed by atoms with van der Waals surface area (Å²) < 4.78 is 16.2. The van der Waals surface area contributed by atoms with Crippen LogP contribution in [0, 0.1) is 6.92 Å². The lowest BCUT2D eigenvalue weighted by Crippen LogP contribution is -2.23. The van der Waals surface area contributed by atoms with Crippen LogP contribution in [0.1, 0.15) is 33.0 Å². The molecule has 1 N–H and O–H groups in total. The molecule has 3 rings (SSSR count). The largest absolute Gasteiger partial charge is 0.508 e. The van der Waals surface area contributed by atoms with Crippen LogP contribution >= 0.6 is 0 Å². The van der Waals surface area contributed by atoms with Crippen molar-refractivity contribution in [2.75, 3.05) is 14.2 Å². The number of ether oxygens (including phenoxy) is 3. The molecule has 2 aromatic carbocycles. The zero-order chi connectivity index (χ0) is 16.6. The Hall–Kier alpha value is -2.53. The second-order valence-electron chi connectivity index (χ2n) is 5.45. The summed E-state index contributed by atoms with van der Waals surface area (Å²) in [5.41, 5.74) is 2.71. The molecular formula is C18H18O5. The fraction of sp³-hybridized carbons (Fsp3) is 0.278. The predicted molar refractivity (Wildman–Crippen MR) is 83.9 cm³/mol. The topological polar surface area (TPSA) is 65.0 Å². The van der Waals surface area contributed by atoms with Crippen molar-refractivity contribution in [3.05, 3.63) is 58.7 Å². The molecule has 2 aromatic rings. The second kappa shape index (κ2) is 5.93. The van der Waals surface area contributed by atoms with Gasteiger partial charge in [-0.1, -0.05) is 18.2 Å². The van der Waals surface area contributed by atoms with Gasteiger partial charge in [-0.05, 0) is 36.2 Å². The van der Waals surface area contributed by atoms with Crippen LogP contribution in [0.15, 0.2) is 36.4 Å². The van der Waals surface area contributed by atoms with E-state index in [2.05, 4.69) is 0 Å². The van der Waals surface area contributed by atoms with Crippen LogP contribution in [-0.2, 0) is 9.47 Å². The van der Waals surface area contributed by atoms with E-state index >= 15 is 0 Å². The first-order valence-electron chi connectivity index (χ1n) is 7.27. The Balaban J connectivity index is 2.17. The summed E-state index contributed by atoms with van der Waals surface area (Å²) >= 11 is 0. The van der Waals surface area contributed by atoms with Gasteiger partial charge in [-0.25, -0.2) is 4.79 Å². The number of rotatable bonds is 3. The Bertz CT molecular complexity index is 753. The molecule has 1 aliphatic rings. The molecule has 0 fully saturated rings. The van der Waals surface area contributed by atoms with Crippen LogP contribution in [0.25, 0.3) is 0 Å². The van der Waals surface area contributed by atoms with Gasteiger partial charge in [-0.3, -0.25) is 0 Å². The van der Waals surface area contributed by atoms with E-state index in [1.54, 1.807) is 38.3 Å². The Morgan fingerprint density at radius 1 is 1.17 bits per heavy atom. The third-order valence-electron chi connectivity index (χ3n) is 4.11. The summed E-state index contributed by atoms with van der Waals surface area (Å²) in [6, 6.07) is 10.6. The van der Waals surface area contributed by atoms with Crippen LogP contribution in [0.5, 0.6) is 11.5 Å². The van der Waals surface area contributed by atoms with Crippen LogP contribution in [0.4, 0.5) is 0 Å². The lowest BCUT2D eigenvalue weighted by molar-refractivity contribution is -0.0472. The maximum atomic E-state index is 12.1. The monoisotopic (exact) mass is 314 g/mol. The summed E-state index contributed by atoms with van der Waals surface area (Å²) in [7, 11) is 2.90. The molecule has 2 atom stereocenters. The number of esters is 1. The van der Waals surface area contributed by atoms with E-state index in [-0.39, 0.29) is 11.7 Å². The molecule has 0 spiro atoms. The second-order valence-corrected chi connectivity index (χ2v) is 5.45. The third-order valence-corrected chi connectivity index (χ3v) is 4.11. The first kappa shape index (κ1) is 15.4. The summed E-state index contributed by atoms with van der Waals surface area (Å²) in [4.78, 5) is 12.1. The molecule has 0 aromatic heterocycles. The molecule has 1 heterocycles. The van der Waals surface area contributed by atoms with Crippen molar-refractivity contribution < 1.29 is 24.1 Å². The number of hydrogen-bond donors (Lipinski definition) is 1. The number of carbonyl (C=O) groups excluding carboxylic acids is 1. The van der Waals surface area contributed by atoms with Crippen molar-refractivity contribution in [1.82, 2.24) is 0 Å². The summed E-state index contributed by atoms with van der Waals surface area (Å²) in [5, 5.41) is 10.0. The van der Waals surface area contributed by atoms with Gasteiger partial charge < -0.3 is 19.3 Å². The van der Waals surface area contributed by atoms with Gasteiger partial charge in [0.2, 0.25) is 6.29 Å². The van der Waals surface area contributed by atoms with Gasteiger partial charge in [-0.2, -0.15) is 0 Å². The molecule has 0 bridgehead atoms. The Kier molecular flexibility index (Phi) is 3.96. The van der Waals surface area contributed by atoms with E-state index in [1.807, 2.05) is 12.1 Å². The molecule has 0 aliphatic carbocycles. The van der Waals surface area contributed by atoms with Crippen LogP contribution in [0.3, 0.4) is 0 Å². The molecule has 23 heavy (non-hydrogen) atoms. The summed E-state index contributed by atoms with van der Waals surface area (Å²) in [6.45, 7) is 1.80. The molecule has 120 valence electrons. The van der Waals surface area contributed by atoms with E-state index in [4.69, 9.17) is 14.2 Å². The first-order chi connectivity index (χ1) is 11.1. The minimum atomic E-state index is -0.572. The average molecular weight is 314 g/mol. The molecule has 0 saturated heterocycles. The molecule has 0 unspecified atom stereocenters. The summed E-state index contributed by atoms with van der Waals surface area (Å²) in [6.07, 6.45) is -0.572. The summed E-state index contributed by atoms with van der Waals surface area (Å²) in [5.74, 6) is 0.0958. The molecule has 0 amide bonds. The minimum absolute atomic E-state index is 0.185. The van der Waals surface area contributed by atoms with Gasteiger partial charge >= 0.3 is 5.97 Å². The van der Waals surface area contributed by atoms with Gasteiger partial charge in [0.1, 0.15) is 11.5 Å². The highest BCUT2D eigenvalue weighted by molar-refractivity contribution is 5.91. The molecule has 0 radical (unpaired) electrons. The number of methoxy groups -OCH3 is 2. The number of carbonyl (C=O) groups is 1. The molecule has 5 nitrogen and oxygen atoms in total. The van der Waals surface area contributed by atoms with Gasteiger partial charge in [0.05, 0.1) is 18.6 Å². The van der Waals surface area contributed by atoms with E-state index in [0.717, 1.165) is 16.7 Å². The Morgan fingerprint density at radius 3 is 2.61 bits per heavy atom. The molecule has 0 saturated carbocycles. The highest BCUT2D eigenvalue weighted by Crippen LogP contribution is 2.45. The Labute approximate surface area is 134 Å².